The van der Waals surface area contributed by atoms with Gasteiger partial charge in [-0.2, -0.15) is 0 Å². The number of imidazole rings is 1. The van der Waals surface area contributed by atoms with E-state index < -0.39 is 23.8 Å². The summed E-state index contributed by atoms with van der Waals surface area (Å²) in [5.74, 6) is -3.18. The van der Waals surface area contributed by atoms with Crippen LogP contribution in [0.4, 0.5) is 26.0 Å². The van der Waals surface area contributed by atoms with Gasteiger partial charge in [-0.05, 0) is 98.1 Å². The topological polar surface area (TPSA) is 163 Å². The van der Waals surface area contributed by atoms with Crippen LogP contribution in [0, 0.1) is 5.92 Å². The fourth-order valence-corrected chi connectivity index (χ4v) is 9.63. The summed E-state index contributed by atoms with van der Waals surface area (Å²) in [6, 6.07) is 16.3. The van der Waals surface area contributed by atoms with E-state index in [9.17, 15) is 14.4 Å². The van der Waals surface area contributed by atoms with E-state index in [1.165, 1.54) is 30.0 Å². The van der Waals surface area contributed by atoms with Crippen molar-refractivity contribution in [3.8, 4) is 17.0 Å². The van der Waals surface area contributed by atoms with Crippen LogP contribution in [0.25, 0.3) is 16.9 Å². The zero-order valence-corrected chi connectivity index (χ0v) is 36.6. The molecule has 1 aliphatic carbocycles. The number of hydrogen-bond donors (Lipinski definition) is 3. The average Bonchev–Trinajstić information content (AvgIpc) is 4.01. The van der Waals surface area contributed by atoms with E-state index >= 15 is 8.78 Å². The highest BCUT2D eigenvalue weighted by atomic mass is 35.5. The number of ether oxygens (including phenoxy) is 1. The van der Waals surface area contributed by atoms with E-state index in [1.54, 1.807) is 31.4 Å². The van der Waals surface area contributed by atoms with Crippen LogP contribution in [-0.4, -0.2) is 105 Å². The van der Waals surface area contributed by atoms with E-state index in [0.717, 1.165) is 47.3 Å². The maximum absolute atomic E-state index is 15.9. The number of likely N-dealkylation sites (tertiary alicyclic amines) is 2. The smallest absolute Gasteiger partial charge is 0.275 e. The lowest BCUT2D eigenvalue weighted by molar-refractivity contribution is -0.134. The Morgan fingerprint density at radius 2 is 1.78 bits per heavy atom. The number of nitrogens with one attached hydrogen (secondary N) is 2. The van der Waals surface area contributed by atoms with Crippen molar-refractivity contribution >= 4 is 52.2 Å². The van der Waals surface area contributed by atoms with Crippen LogP contribution in [0.2, 0.25) is 5.02 Å². The van der Waals surface area contributed by atoms with Gasteiger partial charge in [0, 0.05) is 61.6 Å². The van der Waals surface area contributed by atoms with Gasteiger partial charge in [0.15, 0.2) is 11.5 Å². The number of amides is 3. The summed E-state index contributed by atoms with van der Waals surface area (Å²) in [4.78, 5) is 51.2. The minimum Gasteiger partial charge on any atom is -0.493 e. The van der Waals surface area contributed by atoms with Gasteiger partial charge in [0.2, 0.25) is 11.8 Å². The summed E-state index contributed by atoms with van der Waals surface area (Å²) in [7, 11) is 1.79. The second-order valence-corrected chi connectivity index (χ2v) is 17.9. The van der Waals surface area contributed by atoms with Crippen molar-refractivity contribution in [3.63, 3.8) is 0 Å². The molecular formula is C47H53ClF2N10O4. The molecule has 2 unspecified atom stereocenters. The van der Waals surface area contributed by atoms with Crippen molar-refractivity contribution < 1.29 is 27.9 Å². The highest BCUT2D eigenvalue weighted by Gasteiger charge is 2.48. The van der Waals surface area contributed by atoms with Crippen LogP contribution in [0.3, 0.4) is 0 Å². The zero-order chi connectivity index (χ0) is 44.5. The third kappa shape index (κ3) is 9.26. The summed E-state index contributed by atoms with van der Waals surface area (Å²) in [6.07, 6.45) is 11.0. The molecule has 336 valence electrons. The number of carbonyl (C=O) groups excluding carboxylic acids is 3. The average molecular weight is 895 g/mol. The van der Waals surface area contributed by atoms with Gasteiger partial charge in [-0.25, -0.2) is 18.3 Å². The second kappa shape index (κ2) is 18.4. The molecule has 1 saturated carbocycles. The molecular weight excluding hydrogens is 842 g/mol. The third-order valence-electron chi connectivity index (χ3n) is 12.9. The Morgan fingerprint density at radius 3 is 2.48 bits per heavy atom. The highest BCUT2D eigenvalue weighted by Crippen LogP contribution is 2.41. The van der Waals surface area contributed by atoms with Gasteiger partial charge < -0.3 is 20.7 Å². The van der Waals surface area contributed by atoms with Crippen molar-refractivity contribution in [2.45, 2.75) is 82.2 Å². The maximum atomic E-state index is 15.9. The summed E-state index contributed by atoms with van der Waals surface area (Å²) >= 11 is 6.42. The Morgan fingerprint density at radius 1 is 0.969 bits per heavy atom. The van der Waals surface area contributed by atoms with E-state index in [0.29, 0.717) is 85.7 Å². The summed E-state index contributed by atoms with van der Waals surface area (Å²) in [5, 5.41) is 10.7. The van der Waals surface area contributed by atoms with Crippen molar-refractivity contribution in [1.29, 1.82) is 0 Å². The molecule has 4 aliphatic heterocycles. The van der Waals surface area contributed by atoms with Gasteiger partial charge in [-0.3, -0.25) is 34.5 Å². The third-order valence-corrected chi connectivity index (χ3v) is 13.3. The standard InChI is InChI=1S/C44H47ClF2N10O4.C3H6/c1-49-35-20-39(53-57-37(41(48)59)22-51-42(35)57)56-18-13-30-29(3-2-4-36(30)56)34-9-5-27(21-50-34)23-54-15-14-38(44(46,47)25-54)55-16-11-26(12-17-55)24-61-28-6-8-33(45)32(19-28)31-7-10-40(58)52-43(31)60;1-2-3-1/h2-6,8-9,19-22,26,31,38,49H,7,10-18,23-25H2,1H3,(H2,48,59)(H,52,58,60);1-3H2. The molecule has 14 nitrogen and oxygen atoms in total. The van der Waals surface area contributed by atoms with E-state index in [-0.39, 0.29) is 36.4 Å². The first-order chi connectivity index (χ1) is 30.9. The molecule has 0 bridgehead atoms. The first-order valence-corrected chi connectivity index (χ1v) is 22.6. The van der Waals surface area contributed by atoms with Crippen molar-refractivity contribution in [2.75, 3.05) is 56.6 Å². The summed E-state index contributed by atoms with van der Waals surface area (Å²) < 4.78 is 39.3. The lowest BCUT2D eigenvalue weighted by atomic mass is 9.90. The monoisotopic (exact) mass is 894 g/mol. The molecule has 64 heavy (non-hydrogen) atoms. The minimum absolute atomic E-state index is 0.194. The van der Waals surface area contributed by atoms with Crippen LogP contribution < -0.4 is 26.0 Å². The normalized spacial score (nSPS) is 21.2. The maximum Gasteiger partial charge on any atom is 0.275 e. The largest absolute Gasteiger partial charge is 0.493 e. The Kier molecular flexibility index (Phi) is 12.5. The molecule has 7 heterocycles. The fraction of sp³-hybridized carbons (Fsp3) is 0.447. The number of piperidine rings is 3. The van der Waals surface area contributed by atoms with Crippen LogP contribution in [0.5, 0.6) is 5.75 Å². The predicted molar refractivity (Wildman–Crippen MR) is 240 cm³/mol. The van der Waals surface area contributed by atoms with Crippen LogP contribution in [0.1, 0.15) is 84.5 Å². The van der Waals surface area contributed by atoms with Gasteiger partial charge in [0.05, 0.1) is 42.7 Å². The fourth-order valence-electron chi connectivity index (χ4n) is 9.38. The van der Waals surface area contributed by atoms with Gasteiger partial charge in [-0.1, -0.05) is 49.1 Å². The number of carbonyl (C=O) groups is 3. The molecule has 0 spiro atoms. The van der Waals surface area contributed by atoms with Crippen molar-refractivity contribution in [2.24, 2.45) is 11.7 Å². The molecule has 5 aliphatic rings. The van der Waals surface area contributed by atoms with Gasteiger partial charge >= 0.3 is 0 Å². The number of primary amides is 1. The number of benzene rings is 2. The highest BCUT2D eigenvalue weighted by molar-refractivity contribution is 6.31. The first kappa shape index (κ1) is 43.5. The zero-order valence-electron chi connectivity index (χ0n) is 35.9. The molecule has 3 aromatic heterocycles. The molecule has 0 radical (unpaired) electrons. The SMILES string of the molecule is C1CC1.CNc1cc(N2CCc3c(-c4ccc(CN5CCC(N6CCC(COc7ccc(Cl)c(C8CCC(=O)NC8=O)c7)CC6)C(F)(F)C5)cn4)cccc32)nn2c(C(N)=O)cnc12. The number of halogens is 3. The number of hydrogen-bond acceptors (Lipinski definition) is 11. The molecule has 3 saturated heterocycles. The number of aromatic nitrogens is 4. The lowest BCUT2D eigenvalue weighted by Crippen LogP contribution is -2.59. The number of anilines is 3. The molecule has 17 heteroatoms. The van der Waals surface area contributed by atoms with Crippen molar-refractivity contribution in [3.05, 3.63) is 94.4 Å². The van der Waals surface area contributed by atoms with Gasteiger partial charge in [0.1, 0.15) is 11.4 Å². The quantitative estimate of drug-likeness (QED) is 0.117. The van der Waals surface area contributed by atoms with Gasteiger partial charge in [0.25, 0.3) is 11.8 Å². The number of nitrogens with two attached hydrogens (primary N) is 1. The molecule has 4 N–H and O–H groups in total. The molecule has 3 amide bonds. The number of pyridine rings is 1. The van der Waals surface area contributed by atoms with E-state index in [1.807, 2.05) is 46.2 Å². The molecule has 4 fully saturated rings. The Bertz CT molecular complexity index is 2540. The van der Waals surface area contributed by atoms with Crippen LogP contribution in [-0.2, 0) is 22.6 Å². The summed E-state index contributed by atoms with van der Waals surface area (Å²) in [6.45, 7) is 2.90. The van der Waals surface area contributed by atoms with Crippen molar-refractivity contribution in [1.82, 2.24) is 34.7 Å². The Hall–Kier alpha value is -5.71. The van der Waals surface area contributed by atoms with E-state index in [2.05, 4.69) is 20.5 Å². The Balaban J connectivity index is 0.00000166. The second-order valence-electron chi connectivity index (χ2n) is 17.5. The number of alkyl halides is 2. The number of rotatable bonds is 11. The summed E-state index contributed by atoms with van der Waals surface area (Å²) in [5.41, 5.74) is 12.4. The molecule has 10 rings (SSSR count). The first-order valence-electron chi connectivity index (χ1n) is 22.3. The number of imide groups is 1. The molecule has 5 aromatic rings. The molecule has 2 atom stereocenters. The van der Waals surface area contributed by atoms with Gasteiger partial charge in [-0.15, -0.1) is 5.10 Å². The molecule has 2 aromatic carbocycles. The number of fused-ring (bicyclic) bond motifs is 2. The lowest BCUT2D eigenvalue weighted by Gasteiger charge is -2.45. The number of nitrogens with zero attached hydrogens (tertiary/aromatic N) is 7. The minimum atomic E-state index is -2.87. The van der Waals surface area contributed by atoms with E-state index in [4.69, 9.17) is 32.2 Å². The predicted octanol–water partition coefficient (Wildman–Crippen LogP) is 6.97. The van der Waals surface area contributed by atoms with Crippen LogP contribution >= 0.6 is 11.6 Å². The Labute approximate surface area is 375 Å². The van der Waals surface area contributed by atoms with Crippen LogP contribution in [0.15, 0.2) is 67.0 Å².